The highest BCUT2D eigenvalue weighted by Gasteiger charge is 2.35. The predicted octanol–water partition coefficient (Wildman–Crippen LogP) is 3.60. The van der Waals surface area contributed by atoms with E-state index < -0.39 is 35.0 Å². The van der Waals surface area contributed by atoms with Gasteiger partial charge in [0.15, 0.2) is 5.82 Å². The molecule has 0 aromatic heterocycles. The number of esters is 1. The van der Waals surface area contributed by atoms with E-state index in [0.717, 1.165) is 6.07 Å². The summed E-state index contributed by atoms with van der Waals surface area (Å²) in [7, 11) is 0. The number of rotatable bonds is 3. The van der Waals surface area contributed by atoms with Gasteiger partial charge in [0.1, 0.15) is 0 Å². The molecule has 0 N–H and O–H groups in total. The first-order valence-electron chi connectivity index (χ1n) is 4.96. The first-order valence-corrected chi connectivity index (χ1v) is 5.34. The van der Waals surface area contributed by atoms with E-state index in [4.69, 9.17) is 11.6 Å². The fraction of sp³-hybridized carbons (Fsp3) is 0.364. The van der Waals surface area contributed by atoms with Crippen LogP contribution >= 0.6 is 11.6 Å². The Balaban J connectivity index is 3.09. The number of alkyl halides is 3. The molecule has 1 aromatic carbocycles. The largest absolute Gasteiger partial charge is 0.466 e. The molecule has 0 atom stereocenters. The van der Waals surface area contributed by atoms with Gasteiger partial charge in [0.2, 0.25) is 0 Å². The third-order valence-corrected chi connectivity index (χ3v) is 2.32. The van der Waals surface area contributed by atoms with E-state index in [0.29, 0.717) is 6.07 Å². The molecule has 0 spiro atoms. The molecule has 0 amide bonds. The van der Waals surface area contributed by atoms with Crippen LogP contribution < -0.4 is 0 Å². The van der Waals surface area contributed by atoms with Crippen LogP contribution in [-0.2, 0) is 22.1 Å². The molecule has 0 unspecified atom stereocenters. The van der Waals surface area contributed by atoms with Crippen LogP contribution in [0.2, 0.25) is 5.02 Å². The molecule has 1 rings (SSSR count). The Morgan fingerprint density at radius 3 is 2.50 bits per heavy atom. The molecule has 0 radical (unpaired) electrons. The van der Waals surface area contributed by atoms with E-state index in [1.54, 1.807) is 6.92 Å². The van der Waals surface area contributed by atoms with Gasteiger partial charge in [0, 0.05) is 0 Å². The van der Waals surface area contributed by atoms with Crippen LogP contribution in [0.3, 0.4) is 0 Å². The van der Waals surface area contributed by atoms with Gasteiger partial charge in [-0.25, -0.2) is 4.39 Å². The molecule has 0 saturated carbocycles. The first-order chi connectivity index (χ1) is 8.25. The third kappa shape index (κ3) is 3.60. The number of hydrogen-bond donors (Lipinski definition) is 0. The van der Waals surface area contributed by atoms with Gasteiger partial charge in [-0.2, -0.15) is 13.2 Å². The monoisotopic (exact) mass is 284 g/mol. The summed E-state index contributed by atoms with van der Waals surface area (Å²) in [5.41, 5.74) is -1.54. The van der Waals surface area contributed by atoms with Crippen molar-refractivity contribution >= 4 is 17.6 Å². The summed E-state index contributed by atoms with van der Waals surface area (Å²) in [6.45, 7) is 1.68. The average Bonchev–Trinajstić information content (AvgIpc) is 2.21. The second kappa shape index (κ2) is 5.56. The van der Waals surface area contributed by atoms with Crippen molar-refractivity contribution in [2.24, 2.45) is 0 Å². The number of halogens is 5. The highest BCUT2D eigenvalue weighted by Crippen LogP contribution is 2.35. The van der Waals surface area contributed by atoms with E-state index in [9.17, 15) is 22.4 Å². The molecular weight excluding hydrogens is 276 g/mol. The van der Waals surface area contributed by atoms with Gasteiger partial charge in [-0.3, -0.25) is 4.79 Å². The van der Waals surface area contributed by atoms with E-state index in [1.807, 2.05) is 0 Å². The minimum absolute atomic E-state index is 0.0489. The Morgan fingerprint density at radius 1 is 1.39 bits per heavy atom. The Hall–Kier alpha value is -1.30. The summed E-state index contributed by atoms with van der Waals surface area (Å²) in [5.74, 6) is -2.25. The van der Waals surface area contributed by atoms with Crippen molar-refractivity contribution in [3.05, 3.63) is 34.1 Å². The molecule has 18 heavy (non-hydrogen) atoms. The highest BCUT2D eigenvalue weighted by molar-refractivity contribution is 6.30. The molecule has 100 valence electrons. The standard InChI is InChI=1S/C11H9ClF4O2/c1-2-18-9(17)5-6-3-7(11(14,15)16)10(13)8(12)4-6/h3-4H,2,5H2,1H3. The summed E-state index contributed by atoms with van der Waals surface area (Å²) >= 11 is 5.36. The van der Waals surface area contributed by atoms with Crippen LogP contribution in [0.15, 0.2) is 12.1 Å². The first kappa shape index (κ1) is 14.8. The smallest absolute Gasteiger partial charge is 0.419 e. The van der Waals surface area contributed by atoms with Crippen LogP contribution in [-0.4, -0.2) is 12.6 Å². The number of ether oxygens (including phenoxy) is 1. The van der Waals surface area contributed by atoms with E-state index in [2.05, 4.69) is 4.74 Å². The van der Waals surface area contributed by atoms with Crippen molar-refractivity contribution in [1.29, 1.82) is 0 Å². The van der Waals surface area contributed by atoms with Gasteiger partial charge in [-0.15, -0.1) is 0 Å². The minimum atomic E-state index is -4.86. The molecular formula is C11H9ClF4O2. The van der Waals surface area contributed by atoms with Crippen molar-refractivity contribution in [2.45, 2.75) is 19.5 Å². The zero-order valence-corrected chi connectivity index (χ0v) is 10.0. The van der Waals surface area contributed by atoms with Crippen molar-refractivity contribution < 1.29 is 27.1 Å². The van der Waals surface area contributed by atoms with Crippen LogP contribution in [0, 0.1) is 5.82 Å². The maximum atomic E-state index is 13.2. The molecule has 0 aliphatic rings. The summed E-state index contributed by atoms with van der Waals surface area (Å²) in [6, 6.07) is 1.53. The highest BCUT2D eigenvalue weighted by atomic mass is 35.5. The van der Waals surface area contributed by atoms with Gasteiger partial charge in [-0.1, -0.05) is 11.6 Å². The fourth-order valence-electron chi connectivity index (χ4n) is 1.33. The molecule has 0 aliphatic heterocycles. The molecule has 0 heterocycles. The summed E-state index contributed by atoms with van der Waals surface area (Å²) in [4.78, 5) is 11.1. The maximum absolute atomic E-state index is 13.2. The van der Waals surface area contributed by atoms with Crippen LogP contribution in [0.5, 0.6) is 0 Å². The molecule has 2 nitrogen and oxygen atoms in total. The van der Waals surface area contributed by atoms with Crippen molar-refractivity contribution in [3.8, 4) is 0 Å². The molecule has 0 fully saturated rings. The topological polar surface area (TPSA) is 26.3 Å². The molecule has 1 aromatic rings. The summed E-state index contributed by atoms with van der Waals surface area (Å²) < 4.78 is 55.2. The lowest BCUT2D eigenvalue weighted by molar-refractivity contribution is -0.143. The Bertz CT molecular complexity index is 457. The second-order valence-electron chi connectivity index (χ2n) is 3.42. The van der Waals surface area contributed by atoms with Crippen LogP contribution in [0.4, 0.5) is 17.6 Å². The lowest BCUT2D eigenvalue weighted by Crippen LogP contribution is -2.12. The van der Waals surface area contributed by atoms with Gasteiger partial charge < -0.3 is 4.74 Å². The average molecular weight is 285 g/mol. The van der Waals surface area contributed by atoms with E-state index in [1.165, 1.54) is 0 Å². The van der Waals surface area contributed by atoms with Gasteiger partial charge in [0.05, 0.1) is 23.6 Å². The molecule has 0 bridgehead atoms. The van der Waals surface area contributed by atoms with Gasteiger partial charge in [0.25, 0.3) is 0 Å². The molecule has 0 saturated heterocycles. The SMILES string of the molecule is CCOC(=O)Cc1cc(Cl)c(F)c(C(F)(F)F)c1. The van der Waals surface area contributed by atoms with Crippen LogP contribution in [0.1, 0.15) is 18.1 Å². The lowest BCUT2D eigenvalue weighted by atomic mass is 10.1. The fourth-order valence-corrected chi connectivity index (χ4v) is 1.57. The van der Waals surface area contributed by atoms with E-state index in [-0.39, 0.29) is 12.2 Å². The summed E-state index contributed by atoms with van der Waals surface area (Å²) in [6.07, 6.45) is -5.25. The predicted molar refractivity (Wildman–Crippen MR) is 56.7 cm³/mol. The summed E-state index contributed by atoms with van der Waals surface area (Å²) in [5, 5.41) is -0.677. The second-order valence-corrected chi connectivity index (χ2v) is 3.83. The quantitative estimate of drug-likeness (QED) is 0.626. The Kier molecular flexibility index (Phi) is 4.56. The zero-order valence-electron chi connectivity index (χ0n) is 9.28. The Morgan fingerprint density at radius 2 is 2.00 bits per heavy atom. The molecule has 0 aliphatic carbocycles. The number of carbonyl (C=O) groups is 1. The number of benzene rings is 1. The Labute approximate surface area is 105 Å². The van der Waals surface area contributed by atoms with Crippen molar-refractivity contribution in [2.75, 3.05) is 6.61 Å². The van der Waals surface area contributed by atoms with E-state index >= 15 is 0 Å². The van der Waals surface area contributed by atoms with Crippen LogP contribution in [0.25, 0.3) is 0 Å². The molecule has 7 heteroatoms. The number of carbonyl (C=O) groups excluding carboxylic acids is 1. The zero-order chi connectivity index (χ0) is 13.9. The van der Waals surface area contributed by atoms with Gasteiger partial charge in [-0.05, 0) is 24.6 Å². The maximum Gasteiger partial charge on any atom is 0.419 e. The van der Waals surface area contributed by atoms with Crippen molar-refractivity contribution in [1.82, 2.24) is 0 Å². The third-order valence-electron chi connectivity index (χ3n) is 2.05. The van der Waals surface area contributed by atoms with Gasteiger partial charge >= 0.3 is 12.1 Å². The van der Waals surface area contributed by atoms with Crippen molar-refractivity contribution in [3.63, 3.8) is 0 Å². The minimum Gasteiger partial charge on any atom is -0.466 e. The normalized spacial score (nSPS) is 11.4. The lowest BCUT2D eigenvalue weighted by Gasteiger charge is -2.11. The number of hydrogen-bond acceptors (Lipinski definition) is 2.